The first kappa shape index (κ1) is 16.1. The number of ether oxygens (including phenoxy) is 1. The van der Waals surface area contributed by atoms with Crippen LogP contribution in [0.2, 0.25) is 0 Å². The van der Waals surface area contributed by atoms with E-state index >= 15 is 0 Å². The van der Waals surface area contributed by atoms with Gasteiger partial charge < -0.3 is 19.8 Å². The Hall–Kier alpha value is -2.76. The second kappa shape index (κ2) is 7.21. The molecule has 2 amide bonds. The fourth-order valence-corrected chi connectivity index (χ4v) is 2.42. The average Bonchev–Trinajstić information content (AvgIpc) is 3.28. The fourth-order valence-electron chi connectivity index (χ4n) is 2.42. The highest BCUT2D eigenvalue weighted by atomic mass is 16.5. The number of carbonyl (C=O) groups is 2. The maximum Gasteiger partial charge on any atom is 0.291 e. The normalized spacial score (nSPS) is 14.7. The third-order valence-electron chi connectivity index (χ3n) is 3.92. The summed E-state index contributed by atoms with van der Waals surface area (Å²) in [5.74, 6) is 0.873. The summed E-state index contributed by atoms with van der Waals surface area (Å²) < 4.78 is 10.5. The van der Waals surface area contributed by atoms with Crippen molar-refractivity contribution in [3.63, 3.8) is 0 Å². The molecule has 1 aromatic carbocycles. The van der Waals surface area contributed by atoms with Crippen LogP contribution in [-0.4, -0.2) is 24.5 Å². The number of hydrogen-bond donors (Lipinski definition) is 2. The first-order valence-electron chi connectivity index (χ1n) is 7.99. The zero-order valence-electron chi connectivity index (χ0n) is 13.5. The van der Waals surface area contributed by atoms with Crippen LogP contribution in [0.3, 0.4) is 0 Å². The monoisotopic (exact) mass is 328 g/mol. The van der Waals surface area contributed by atoms with Crippen LogP contribution >= 0.6 is 0 Å². The highest BCUT2D eigenvalue weighted by Gasteiger charge is 2.28. The number of hydrogen-bond acceptors (Lipinski definition) is 4. The smallest absolute Gasteiger partial charge is 0.291 e. The predicted molar refractivity (Wildman–Crippen MR) is 88.9 cm³/mol. The molecule has 6 nitrogen and oxygen atoms in total. The number of nitrogens with one attached hydrogen (secondary N) is 2. The zero-order valence-corrected chi connectivity index (χ0v) is 13.5. The van der Waals surface area contributed by atoms with Gasteiger partial charge in [0.15, 0.2) is 12.4 Å². The van der Waals surface area contributed by atoms with Crippen LogP contribution in [0, 0.1) is 5.92 Å². The molecule has 1 fully saturated rings. The highest BCUT2D eigenvalue weighted by Crippen LogP contribution is 2.32. The Bertz CT molecular complexity index is 708. The van der Waals surface area contributed by atoms with Gasteiger partial charge in [0.25, 0.3) is 11.8 Å². The summed E-state index contributed by atoms with van der Waals surface area (Å²) in [5, 5.41) is 5.65. The van der Waals surface area contributed by atoms with Crippen LogP contribution in [0.25, 0.3) is 0 Å². The van der Waals surface area contributed by atoms with Crippen molar-refractivity contribution in [1.29, 1.82) is 0 Å². The van der Waals surface area contributed by atoms with Gasteiger partial charge in [-0.05, 0) is 49.9 Å². The molecule has 126 valence electrons. The van der Waals surface area contributed by atoms with Crippen LogP contribution in [0.15, 0.2) is 47.1 Å². The molecule has 0 radical (unpaired) electrons. The molecule has 24 heavy (non-hydrogen) atoms. The SMILES string of the molecule is CC(NC(=O)COc1cccc(NC(=O)c2ccco2)c1)C1CC1. The van der Waals surface area contributed by atoms with Crippen molar-refractivity contribution >= 4 is 17.5 Å². The minimum atomic E-state index is -0.340. The van der Waals surface area contributed by atoms with E-state index in [1.54, 1.807) is 36.4 Å². The largest absolute Gasteiger partial charge is 0.484 e. The summed E-state index contributed by atoms with van der Waals surface area (Å²) in [7, 11) is 0. The lowest BCUT2D eigenvalue weighted by Gasteiger charge is -2.13. The molecule has 1 saturated carbocycles. The maximum atomic E-state index is 11.9. The lowest BCUT2D eigenvalue weighted by molar-refractivity contribution is -0.123. The van der Waals surface area contributed by atoms with Gasteiger partial charge in [-0.3, -0.25) is 9.59 Å². The van der Waals surface area contributed by atoms with Gasteiger partial charge in [-0.25, -0.2) is 0 Å². The Morgan fingerprint density at radius 2 is 2.12 bits per heavy atom. The Morgan fingerprint density at radius 1 is 1.29 bits per heavy atom. The second-order valence-corrected chi connectivity index (χ2v) is 5.94. The lowest BCUT2D eigenvalue weighted by Crippen LogP contribution is -2.37. The molecule has 0 saturated heterocycles. The first-order chi connectivity index (χ1) is 11.6. The average molecular weight is 328 g/mol. The molecule has 3 rings (SSSR count). The van der Waals surface area contributed by atoms with Crippen LogP contribution in [0.4, 0.5) is 5.69 Å². The van der Waals surface area contributed by atoms with Crippen molar-refractivity contribution < 1.29 is 18.7 Å². The summed E-state index contributed by atoms with van der Waals surface area (Å²) >= 11 is 0. The molecule has 1 aliphatic rings. The number of furan rings is 1. The van der Waals surface area contributed by atoms with E-state index in [0.717, 1.165) is 0 Å². The topological polar surface area (TPSA) is 80.6 Å². The Labute approximate surface area is 140 Å². The minimum absolute atomic E-state index is 0.0490. The number of carbonyl (C=O) groups excluding carboxylic acids is 2. The van der Waals surface area contributed by atoms with E-state index in [4.69, 9.17) is 9.15 Å². The summed E-state index contributed by atoms with van der Waals surface area (Å²) in [6.07, 6.45) is 3.80. The lowest BCUT2D eigenvalue weighted by atomic mass is 10.2. The van der Waals surface area contributed by atoms with Crippen molar-refractivity contribution in [2.24, 2.45) is 5.92 Å². The minimum Gasteiger partial charge on any atom is -0.484 e. The molecule has 1 aliphatic carbocycles. The van der Waals surface area contributed by atoms with Gasteiger partial charge in [0.2, 0.25) is 0 Å². The summed E-state index contributed by atoms with van der Waals surface area (Å²) in [6.45, 7) is 1.97. The Kier molecular flexibility index (Phi) is 4.84. The van der Waals surface area contributed by atoms with E-state index in [9.17, 15) is 9.59 Å². The maximum absolute atomic E-state index is 11.9. The predicted octanol–water partition coefficient (Wildman–Crippen LogP) is 2.83. The Morgan fingerprint density at radius 3 is 2.83 bits per heavy atom. The molecule has 0 aliphatic heterocycles. The molecule has 6 heteroatoms. The molecule has 2 aromatic rings. The van der Waals surface area contributed by atoms with E-state index in [-0.39, 0.29) is 30.2 Å². The standard InChI is InChI=1S/C18H20N2O4/c1-12(13-7-8-13)19-17(21)11-24-15-5-2-4-14(10-15)20-18(22)16-6-3-9-23-16/h2-6,9-10,12-13H,7-8,11H2,1H3,(H,19,21)(H,20,22). The van der Waals surface area contributed by atoms with E-state index < -0.39 is 0 Å². The van der Waals surface area contributed by atoms with Gasteiger partial charge >= 0.3 is 0 Å². The van der Waals surface area contributed by atoms with E-state index in [1.165, 1.54) is 19.1 Å². The summed E-state index contributed by atoms with van der Waals surface area (Å²) in [6, 6.07) is 10.3. The molecule has 0 spiro atoms. The molecule has 1 aromatic heterocycles. The number of benzene rings is 1. The third kappa shape index (κ3) is 4.38. The van der Waals surface area contributed by atoms with Crippen LogP contribution < -0.4 is 15.4 Å². The van der Waals surface area contributed by atoms with E-state index in [1.807, 2.05) is 6.92 Å². The van der Waals surface area contributed by atoms with Gasteiger partial charge in [0.05, 0.1) is 6.26 Å². The fraction of sp³-hybridized carbons (Fsp3) is 0.333. The molecule has 1 heterocycles. The van der Waals surface area contributed by atoms with Gasteiger partial charge in [0.1, 0.15) is 5.75 Å². The van der Waals surface area contributed by atoms with Crippen LogP contribution in [0.5, 0.6) is 5.75 Å². The molecule has 1 atom stereocenters. The van der Waals surface area contributed by atoms with Gasteiger partial charge in [-0.15, -0.1) is 0 Å². The van der Waals surface area contributed by atoms with Crippen molar-refractivity contribution in [1.82, 2.24) is 5.32 Å². The first-order valence-corrected chi connectivity index (χ1v) is 7.99. The van der Waals surface area contributed by atoms with Crippen molar-refractivity contribution in [2.75, 3.05) is 11.9 Å². The Balaban J connectivity index is 1.51. The van der Waals surface area contributed by atoms with E-state index in [2.05, 4.69) is 10.6 Å². The van der Waals surface area contributed by atoms with Crippen LogP contribution in [-0.2, 0) is 4.79 Å². The van der Waals surface area contributed by atoms with E-state index in [0.29, 0.717) is 17.4 Å². The molecular weight excluding hydrogens is 308 g/mol. The zero-order chi connectivity index (χ0) is 16.9. The van der Waals surface area contributed by atoms with Crippen LogP contribution in [0.1, 0.15) is 30.3 Å². The molecule has 0 bridgehead atoms. The highest BCUT2D eigenvalue weighted by molar-refractivity contribution is 6.02. The van der Waals surface area contributed by atoms with Crippen molar-refractivity contribution in [3.05, 3.63) is 48.4 Å². The molecular formula is C18H20N2O4. The van der Waals surface area contributed by atoms with Crippen molar-refractivity contribution in [2.45, 2.75) is 25.8 Å². The van der Waals surface area contributed by atoms with Gasteiger partial charge in [-0.2, -0.15) is 0 Å². The van der Waals surface area contributed by atoms with Gasteiger partial charge in [-0.1, -0.05) is 6.07 Å². The second-order valence-electron chi connectivity index (χ2n) is 5.94. The quantitative estimate of drug-likeness (QED) is 0.819. The number of anilines is 1. The number of amides is 2. The molecule has 1 unspecified atom stereocenters. The third-order valence-corrected chi connectivity index (χ3v) is 3.92. The molecule has 2 N–H and O–H groups in total. The van der Waals surface area contributed by atoms with Gasteiger partial charge in [0, 0.05) is 17.8 Å². The van der Waals surface area contributed by atoms with Crippen molar-refractivity contribution in [3.8, 4) is 5.75 Å². The summed E-state index contributed by atoms with van der Waals surface area (Å²) in [5.41, 5.74) is 0.570. The number of rotatable bonds is 7. The summed E-state index contributed by atoms with van der Waals surface area (Å²) in [4.78, 5) is 23.8.